The Morgan fingerprint density at radius 3 is 2.94 bits per heavy atom. The molecule has 16 heavy (non-hydrogen) atoms. The van der Waals surface area contributed by atoms with Crippen LogP contribution in [0, 0.1) is 5.92 Å². The Kier molecular flexibility index (Phi) is 4.13. The first-order chi connectivity index (χ1) is 7.79. The van der Waals surface area contributed by atoms with E-state index < -0.39 is 0 Å². The lowest BCUT2D eigenvalue weighted by atomic mass is 10.3. The summed E-state index contributed by atoms with van der Waals surface area (Å²) in [4.78, 5) is 13.8. The number of rotatable bonds is 7. The summed E-state index contributed by atoms with van der Waals surface area (Å²) in [5.41, 5.74) is 0. The molecule has 1 aromatic rings. The van der Waals surface area contributed by atoms with E-state index in [1.54, 1.807) is 11.3 Å². The van der Waals surface area contributed by atoms with Crippen molar-refractivity contribution in [2.75, 3.05) is 13.2 Å². The summed E-state index contributed by atoms with van der Waals surface area (Å²) >= 11 is 1.59. The summed E-state index contributed by atoms with van der Waals surface area (Å²) in [7, 11) is 0. The average Bonchev–Trinajstić information content (AvgIpc) is 2.99. The van der Waals surface area contributed by atoms with Crippen molar-refractivity contribution in [3.05, 3.63) is 21.9 Å². The Morgan fingerprint density at radius 1 is 1.50 bits per heavy atom. The third-order valence-electron chi connectivity index (χ3n) is 2.89. The van der Waals surface area contributed by atoms with Gasteiger partial charge in [-0.2, -0.15) is 0 Å². The molecular weight excluding hydrogens is 220 g/mol. The molecule has 1 aliphatic carbocycles. The molecular formula is C13H18O2S. The van der Waals surface area contributed by atoms with E-state index in [0.717, 1.165) is 30.2 Å². The first-order valence-corrected chi connectivity index (χ1v) is 6.81. The molecule has 2 nitrogen and oxygen atoms in total. The molecule has 1 aliphatic rings. The topological polar surface area (TPSA) is 26.3 Å². The first-order valence-electron chi connectivity index (χ1n) is 5.99. The molecule has 0 aromatic carbocycles. The number of carbonyl (C=O) groups excluding carboxylic acids is 1. The highest BCUT2D eigenvalue weighted by molar-refractivity contribution is 7.14. The first kappa shape index (κ1) is 11.8. The second-order valence-electron chi connectivity index (χ2n) is 4.33. The lowest BCUT2D eigenvalue weighted by Crippen LogP contribution is -2.08. The van der Waals surface area contributed by atoms with Crippen molar-refractivity contribution in [3.8, 4) is 0 Å². The maximum atomic E-state index is 11.7. The van der Waals surface area contributed by atoms with Crippen LogP contribution >= 0.6 is 11.3 Å². The van der Waals surface area contributed by atoms with Gasteiger partial charge in [0.15, 0.2) is 5.78 Å². The average molecular weight is 238 g/mol. The SMILES string of the molecule is CCc1ccc(C(=O)COCCC2CC2)s1. The minimum atomic E-state index is 0.125. The van der Waals surface area contributed by atoms with E-state index >= 15 is 0 Å². The van der Waals surface area contributed by atoms with Crippen LogP contribution in [0.2, 0.25) is 0 Å². The fourth-order valence-corrected chi connectivity index (χ4v) is 2.48. The third-order valence-corrected chi connectivity index (χ3v) is 4.16. The van der Waals surface area contributed by atoms with Gasteiger partial charge in [0, 0.05) is 11.5 Å². The number of aryl methyl sites for hydroxylation is 1. The zero-order valence-electron chi connectivity index (χ0n) is 9.70. The van der Waals surface area contributed by atoms with Gasteiger partial charge in [0.2, 0.25) is 0 Å². The molecule has 0 amide bonds. The van der Waals surface area contributed by atoms with Crippen molar-refractivity contribution >= 4 is 17.1 Å². The molecule has 0 spiro atoms. The molecule has 88 valence electrons. The number of carbonyl (C=O) groups is 1. The molecule has 0 unspecified atom stereocenters. The fraction of sp³-hybridized carbons (Fsp3) is 0.615. The normalized spacial score (nSPS) is 15.3. The number of Topliss-reactive ketones (excluding diaryl/α,β-unsaturated/α-hetero) is 1. The molecule has 1 aromatic heterocycles. The summed E-state index contributed by atoms with van der Waals surface area (Å²) in [6.45, 7) is 3.09. The Hall–Kier alpha value is -0.670. The highest BCUT2D eigenvalue weighted by Gasteiger charge is 2.20. The smallest absolute Gasteiger partial charge is 0.198 e. The van der Waals surface area contributed by atoms with Gasteiger partial charge in [-0.25, -0.2) is 0 Å². The maximum Gasteiger partial charge on any atom is 0.198 e. The van der Waals surface area contributed by atoms with Crippen LogP contribution in [0.4, 0.5) is 0 Å². The molecule has 0 radical (unpaired) electrons. The second kappa shape index (κ2) is 5.60. The molecule has 0 saturated heterocycles. The number of hydrogen-bond donors (Lipinski definition) is 0. The number of ether oxygens (including phenoxy) is 1. The van der Waals surface area contributed by atoms with Crippen molar-refractivity contribution in [2.24, 2.45) is 5.92 Å². The van der Waals surface area contributed by atoms with Gasteiger partial charge in [-0.1, -0.05) is 19.8 Å². The molecule has 1 heterocycles. The van der Waals surface area contributed by atoms with Gasteiger partial charge in [-0.15, -0.1) is 11.3 Å². The van der Waals surface area contributed by atoms with Crippen LogP contribution in [0.25, 0.3) is 0 Å². The molecule has 0 N–H and O–H groups in total. The standard InChI is InChI=1S/C13H18O2S/c1-2-11-5-6-13(16-11)12(14)9-15-8-7-10-3-4-10/h5-6,10H,2-4,7-9H2,1H3. The Balaban J connectivity index is 1.69. The zero-order valence-corrected chi connectivity index (χ0v) is 10.5. The van der Waals surface area contributed by atoms with Crippen LogP contribution in [-0.4, -0.2) is 19.0 Å². The Morgan fingerprint density at radius 2 is 2.31 bits per heavy atom. The van der Waals surface area contributed by atoms with Crippen LogP contribution in [0.1, 0.15) is 40.7 Å². The second-order valence-corrected chi connectivity index (χ2v) is 5.50. The molecule has 0 bridgehead atoms. The Labute approximate surface area is 101 Å². The van der Waals surface area contributed by atoms with Gasteiger partial charge in [0.25, 0.3) is 0 Å². The van der Waals surface area contributed by atoms with Gasteiger partial charge in [-0.3, -0.25) is 4.79 Å². The van der Waals surface area contributed by atoms with Crippen molar-refractivity contribution in [1.82, 2.24) is 0 Å². The zero-order chi connectivity index (χ0) is 11.4. The largest absolute Gasteiger partial charge is 0.373 e. The molecule has 2 rings (SSSR count). The summed E-state index contributed by atoms with van der Waals surface area (Å²) in [6, 6.07) is 3.94. The highest BCUT2D eigenvalue weighted by Crippen LogP contribution is 2.32. The van der Waals surface area contributed by atoms with Gasteiger partial charge in [0.05, 0.1) is 4.88 Å². The summed E-state index contributed by atoms with van der Waals surface area (Å²) in [5.74, 6) is 1.00. The van der Waals surface area contributed by atoms with E-state index in [-0.39, 0.29) is 12.4 Å². The van der Waals surface area contributed by atoms with Gasteiger partial charge in [0.1, 0.15) is 6.61 Å². The maximum absolute atomic E-state index is 11.7. The van der Waals surface area contributed by atoms with E-state index in [2.05, 4.69) is 6.92 Å². The molecule has 1 fully saturated rings. The van der Waals surface area contributed by atoms with Crippen LogP contribution in [0.5, 0.6) is 0 Å². The van der Waals surface area contributed by atoms with E-state index in [4.69, 9.17) is 4.74 Å². The van der Waals surface area contributed by atoms with Crippen molar-refractivity contribution in [3.63, 3.8) is 0 Å². The summed E-state index contributed by atoms with van der Waals surface area (Å²) in [6.07, 6.45) is 4.82. The van der Waals surface area contributed by atoms with Gasteiger partial charge < -0.3 is 4.74 Å². The number of thiophene rings is 1. The number of hydrogen-bond acceptors (Lipinski definition) is 3. The molecule has 0 atom stereocenters. The van der Waals surface area contributed by atoms with Crippen molar-refractivity contribution < 1.29 is 9.53 Å². The molecule has 1 saturated carbocycles. The fourth-order valence-electron chi connectivity index (χ4n) is 1.61. The predicted molar refractivity (Wildman–Crippen MR) is 66.2 cm³/mol. The van der Waals surface area contributed by atoms with Crippen LogP contribution in [-0.2, 0) is 11.2 Å². The van der Waals surface area contributed by atoms with Crippen LogP contribution < -0.4 is 0 Å². The van der Waals surface area contributed by atoms with Crippen LogP contribution in [0.3, 0.4) is 0 Å². The summed E-state index contributed by atoms with van der Waals surface area (Å²) < 4.78 is 5.40. The van der Waals surface area contributed by atoms with Gasteiger partial charge >= 0.3 is 0 Å². The molecule has 0 aliphatic heterocycles. The summed E-state index contributed by atoms with van der Waals surface area (Å²) in [5, 5.41) is 0. The minimum absolute atomic E-state index is 0.125. The minimum Gasteiger partial charge on any atom is -0.373 e. The van der Waals surface area contributed by atoms with E-state index in [9.17, 15) is 4.79 Å². The van der Waals surface area contributed by atoms with E-state index in [1.165, 1.54) is 17.7 Å². The van der Waals surface area contributed by atoms with Gasteiger partial charge in [-0.05, 0) is 30.9 Å². The highest BCUT2D eigenvalue weighted by atomic mass is 32.1. The third kappa shape index (κ3) is 3.42. The van der Waals surface area contributed by atoms with Crippen molar-refractivity contribution in [2.45, 2.75) is 32.6 Å². The monoisotopic (exact) mass is 238 g/mol. The number of ketones is 1. The Bertz CT molecular complexity index is 353. The lowest BCUT2D eigenvalue weighted by molar-refractivity contribution is 0.0752. The lowest BCUT2D eigenvalue weighted by Gasteiger charge is -2.01. The van der Waals surface area contributed by atoms with E-state index in [1.807, 2.05) is 12.1 Å². The van der Waals surface area contributed by atoms with Crippen molar-refractivity contribution in [1.29, 1.82) is 0 Å². The predicted octanol–water partition coefficient (Wildman–Crippen LogP) is 3.31. The van der Waals surface area contributed by atoms with Crippen LogP contribution in [0.15, 0.2) is 12.1 Å². The molecule has 3 heteroatoms. The quantitative estimate of drug-likeness (QED) is 0.538. The van der Waals surface area contributed by atoms with E-state index in [0.29, 0.717) is 0 Å².